The van der Waals surface area contributed by atoms with Crippen LogP contribution in [0.1, 0.15) is 34.1 Å². The van der Waals surface area contributed by atoms with Crippen molar-refractivity contribution in [1.29, 1.82) is 0 Å². The molecule has 1 aliphatic heterocycles. The van der Waals surface area contributed by atoms with Crippen LogP contribution in [0.25, 0.3) is 0 Å². The Kier molecular flexibility index (Phi) is 6.75. The van der Waals surface area contributed by atoms with Gasteiger partial charge in [-0.05, 0) is 30.9 Å². The standard InChI is InChI=1S/C16H24N2O2.Th/c1-11-14(13(19)10-16(2,3)4)15(20)18(17-11)12-8-6-5-7-9-12;/h5-9,13-15,19-20H,10H2,1-4H3;. The van der Waals surface area contributed by atoms with E-state index in [2.05, 4.69) is 25.9 Å². The molecule has 21 heavy (non-hydrogen) atoms. The van der Waals surface area contributed by atoms with E-state index < -0.39 is 12.3 Å². The first-order valence-electron chi connectivity index (χ1n) is 7.05. The number of hydrogen-bond donors (Lipinski definition) is 2. The molecule has 0 saturated carbocycles. The Morgan fingerprint density at radius 3 is 2.33 bits per heavy atom. The molecule has 2 N–H and O–H groups in total. The molecule has 4 nitrogen and oxygen atoms in total. The number of aliphatic hydroxyl groups excluding tert-OH is 2. The molecule has 1 aliphatic rings. The third kappa shape index (κ3) is 4.70. The second-order valence-electron chi connectivity index (χ2n) is 6.69. The van der Waals surface area contributed by atoms with E-state index in [9.17, 15) is 10.2 Å². The zero-order valence-electron chi connectivity index (χ0n) is 13.1. The van der Waals surface area contributed by atoms with Gasteiger partial charge in [-0.3, -0.25) is 0 Å². The van der Waals surface area contributed by atoms with Crippen molar-refractivity contribution in [2.75, 3.05) is 5.01 Å². The Balaban J connectivity index is 0.00000220. The molecule has 1 heterocycles. The largest absolute Gasteiger partial charge is 0.392 e. The van der Waals surface area contributed by atoms with E-state index in [1.807, 2.05) is 37.3 Å². The summed E-state index contributed by atoms with van der Waals surface area (Å²) in [4.78, 5) is 0. The fourth-order valence-corrected chi connectivity index (χ4v) is 2.69. The van der Waals surface area contributed by atoms with Gasteiger partial charge in [-0.25, -0.2) is 5.01 Å². The van der Waals surface area contributed by atoms with Crippen molar-refractivity contribution < 1.29 is 50.2 Å². The summed E-state index contributed by atoms with van der Waals surface area (Å²) in [6.07, 6.45) is -0.776. The number of para-hydroxylation sites is 1. The number of aliphatic hydroxyl groups is 2. The molecule has 0 spiro atoms. The number of benzene rings is 1. The Bertz CT molecular complexity index is 485. The molecule has 0 aromatic heterocycles. The fourth-order valence-electron chi connectivity index (χ4n) is 2.69. The van der Waals surface area contributed by atoms with Crippen molar-refractivity contribution >= 4 is 11.4 Å². The summed E-state index contributed by atoms with van der Waals surface area (Å²) in [7, 11) is 0. The molecule has 0 bridgehead atoms. The molecule has 5 heteroatoms. The number of anilines is 1. The summed E-state index contributed by atoms with van der Waals surface area (Å²) < 4.78 is 0. The van der Waals surface area contributed by atoms with Gasteiger partial charge in [0, 0.05) is 45.7 Å². The van der Waals surface area contributed by atoms with Crippen LogP contribution < -0.4 is 5.01 Å². The number of rotatable bonds is 3. The van der Waals surface area contributed by atoms with Crippen LogP contribution in [0.2, 0.25) is 0 Å². The fraction of sp³-hybridized carbons (Fsp3) is 0.562. The summed E-state index contributed by atoms with van der Waals surface area (Å²) in [5.41, 5.74) is 1.63. The van der Waals surface area contributed by atoms with E-state index in [-0.39, 0.29) is 51.3 Å². The topological polar surface area (TPSA) is 56.1 Å². The molecule has 0 amide bonds. The molecule has 3 atom stereocenters. The van der Waals surface area contributed by atoms with Gasteiger partial charge in [0.2, 0.25) is 0 Å². The van der Waals surface area contributed by atoms with Gasteiger partial charge in [0.15, 0.2) is 6.23 Å². The van der Waals surface area contributed by atoms with Crippen LogP contribution in [0.5, 0.6) is 0 Å². The van der Waals surface area contributed by atoms with Crippen molar-refractivity contribution in [1.82, 2.24) is 0 Å². The summed E-state index contributed by atoms with van der Waals surface area (Å²) in [6, 6.07) is 9.54. The first kappa shape index (κ1) is 19.0. The van der Waals surface area contributed by atoms with Crippen molar-refractivity contribution in [2.45, 2.75) is 46.4 Å². The van der Waals surface area contributed by atoms with E-state index in [0.717, 1.165) is 11.4 Å². The van der Waals surface area contributed by atoms with Gasteiger partial charge in [-0.2, -0.15) is 5.10 Å². The molecule has 0 saturated heterocycles. The second kappa shape index (κ2) is 7.47. The maximum Gasteiger partial charge on any atom is 0.158 e. The van der Waals surface area contributed by atoms with Crippen molar-refractivity contribution in [3.63, 3.8) is 0 Å². The van der Waals surface area contributed by atoms with Crippen LogP contribution in [0.15, 0.2) is 35.4 Å². The van der Waals surface area contributed by atoms with Crippen molar-refractivity contribution in [3.05, 3.63) is 30.3 Å². The Morgan fingerprint density at radius 2 is 1.81 bits per heavy atom. The van der Waals surface area contributed by atoms with E-state index in [1.54, 1.807) is 5.01 Å². The van der Waals surface area contributed by atoms with Crippen LogP contribution in [-0.2, 0) is 0 Å². The van der Waals surface area contributed by atoms with Crippen molar-refractivity contribution in [2.24, 2.45) is 16.4 Å². The van der Waals surface area contributed by atoms with Gasteiger partial charge in [-0.15, -0.1) is 0 Å². The predicted molar refractivity (Wildman–Crippen MR) is 81.6 cm³/mol. The second-order valence-corrected chi connectivity index (χ2v) is 6.69. The van der Waals surface area contributed by atoms with Crippen LogP contribution in [0, 0.1) is 51.3 Å². The minimum absolute atomic E-state index is 0. The van der Waals surface area contributed by atoms with Gasteiger partial charge in [0.25, 0.3) is 0 Å². The Morgan fingerprint density at radius 1 is 1.24 bits per heavy atom. The SMILES string of the molecule is CC1=NN(c2ccccc2)C(O)C1C(O)CC(C)(C)C.[Th]. The van der Waals surface area contributed by atoms with Crippen molar-refractivity contribution in [3.8, 4) is 0 Å². The average Bonchev–Trinajstić information content (AvgIpc) is 2.64. The molecular weight excluding hydrogens is 484 g/mol. The molecule has 1 aromatic carbocycles. The minimum atomic E-state index is -0.810. The summed E-state index contributed by atoms with van der Waals surface area (Å²) >= 11 is 0. The van der Waals surface area contributed by atoms with Gasteiger partial charge in [-0.1, -0.05) is 39.0 Å². The third-order valence-electron chi connectivity index (χ3n) is 3.58. The summed E-state index contributed by atoms with van der Waals surface area (Å²) in [6.45, 7) is 8.11. The van der Waals surface area contributed by atoms with Crippen LogP contribution in [0.3, 0.4) is 0 Å². The molecule has 114 valence electrons. The van der Waals surface area contributed by atoms with Gasteiger partial charge in [0.05, 0.1) is 17.7 Å². The van der Waals surface area contributed by atoms with E-state index in [1.165, 1.54) is 0 Å². The third-order valence-corrected chi connectivity index (χ3v) is 3.58. The normalized spacial score (nSPS) is 23.5. The van der Waals surface area contributed by atoms with E-state index in [0.29, 0.717) is 6.42 Å². The average molecular weight is 508 g/mol. The maximum atomic E-state index is 10.5. The monoisotopic (exact) mass is 508 g/mol. The number of hydrogen-bond acceptors (Lipinski definition) is 4. The summed E-state index contributed by atoms with van der Waals surface area (Å²) in [5, 5.41) is 26.9. The predicted octanol–water partition coefficient (Wildman–Crippen LogP) is 2.61. The first-order valence-corrected chi connectivity index (χ1v) is 7.05. The smallest absolute Gasteiger partial charge is 0.158 e. The zero-order chi connectivity index (χ0) is 14.9. The Hall–Kier alpha value is -0.0653. The Labute approximate surface area is 158 Å². The summed E-state index contributed by atoms with van der Waals surface area (Å²) in [5.74, 6) is -0.338. The zero-order valence-corrected chi connectivity index (χ0v) is 17.2. The first-order chi connectivity index (χ1) is 9.29. The van der Waals surface area contributed by atoms with Gasteiger partial charge < -0.3 is 10.2 Å². The molecule has 2 rings (SSSR count). The molecule has 0 fully saturated rings. The van der Waals surface area contributed by atoms with Gasteiger partial charge in [0.1, 0.15) is 0 Å². The van der Waals surface area contributed by atoms with E-state index >= 15 is 0 Å². The molecule has 1 aromatic rings. The quantitative estimate of drug-likeness (QED) is 0.661. The molecular formula is C16H24N2O2Th. The van der Waals surface area contributed by atoms with Crippen LogP contribution >= 0.6 is 0 Å². The van der Waals surface area contributed by atoms with Gasteiger partial charge >= 0.3 is 0 Å². The minimum Gasteiger partial charge on any atom is -0.392 e. The van der Waals surface area contributed by atoms with Crippen LogP contribution in [-0.4, -0.2) is 28.3 Å². The molecule has 0 aliphatic carbocycles. The number of hydrazone groups is 1. The maximum absolute atomic E-state index is 10.5. The number of nitrogens with zero attached hydrogens (tertiary/aromatic N) is 2. The molecule has 0 radical (unpaired) electrons. The molecule has 3 unspecified atom stereocenters. The van der Waals surface area contributed by atoms with Crippen LogP contribution in [0.4, 0.5) is 5.69 Å². The van der Waals surface area contributed by atoms with E-state index in [4.69, 9.17) is 0 Å².